The molecular weight excluding hydrogens is 330 g/mol. The Labute approximate surface area is 153 Å². The van der Waals surface area contributed by atoms with Gasteiger partial charge in [0.25, 0.3) is 5.91 Å². The van der Waals surface area contributed by atoms with E-state index in [4.69, 9.17) is 4.98 Å². The zero-order valence-corrected chi connectivity index (χ0v) is 15.6. The normalized spacial score (nSPS) is 20.7. The first-order chi connectivity index (χ1) is 12.5. The first-order valence-corrected chi connectivity index (χ1v) is 9.20. The van der Waals surface area contributed by atoms with Crippen LogP contribution in [0.3, 0.4) is 0 Å². The molecule has 1 spiro atoms. The lowest BCUT2D eigenvalue weighted by Crippen LogP contribution is -2.56. The second-order valence-electron chi connectivity index (χ2n) is 7.27. The largest absolute Gasteiger partial charge is 0.330 e. The molecule has 2 saturated heterocycles. The highest BCUT2D eigenvalue weighted by atomic mass is 16.2. The van der Waals surface area contributed by atoms with Gasteiger partial charge in [0.2, 0.25) is 0 Å². The molecule has 0 radical (unpaired) electrons. The second-order valence-corrected chi connectivity index (χ2v) is 7.27. The number of fused-ring (bicyclic) bond motifs is 1. The molecule has 1 aromatic heterocycles. The predicted molar refractivity (Wildman–Crippen MR) is 98.5 cm³/mol. The van der Waals surface area contributed by atoms with Gasteiger partial charge in [-0.3, -0.25) is 14.6 Å². The van der Waals surface area contributed by atoms with E-state index in [9.17, 15) is 9.59 Å². The quantitative estimate of drug-likeness (QED) is 0.788. The summed E-state index contributed by atoms with van der Waals surface area (Å²) in [7, 11) is 3.64. The summed E-state index contributed by atoms with van der Waals surface area (Å²) in [6.07, 6.45) is 1.36. The number of likely N-dealkylation sites (N-methyl/N-ethyl adjacent to an activating group) is 2. The number of hydrogen-bond acceptors (Lipinski definition) is 4. The van der Waals surface area contributed by atoms with E-state index in [0.29, 0.717) is 19.4 Å². The molecule has 2 fully saturated rings. The van der Waals surface area contributed by atoms with Crippen molar-refractivity contribution in [2.45, 2.75) is 31.8 Å². The molecule has 4 rings (SSSR count). The van der Waals surface area contributed by atoms with Crippen LogP contribution in [0.2, 0.25) is 0 Å². The maximum Gasteiger partial charge on any atom is 0.327 e. The molecule has 1 aromatic carbocycles. The van der Waals surface area contributed by atoms with Crippen LogP contribution in [0.5, 0.6) is 0 Å². The van der Waals surface area contributed by atoms with Gasteiger partial charge in [-0.15, -0.1) is 0 Å². The number of aromatic nitrogens is 2. The molecule has 3 heterocycles. The van der Waals surface area contributed by atoms with Crippen molar-refractivity contribution in [1.29, 1.82) is 0 Å². The van der Waals surface area contributed by atoms with Crippen molar-refractivity contribution in [3.05, 3.63) is 30.1 Å². The average Bonchev–Trinajstić information content (AvgIpc) is 3.06. The molecule has 0 bridgehead atoms. The summed E-state index contributed by atoms with van der Waals surface area (Å²) in [5.41, 5.74) is 1.49. The summed E-state index contributed by atoms with van der Waals surface area (Å²) in [5.74, 6) is 0.979. The average molecular weight is 355 g/mol. The van der Waals surface area contributed by atoms with Gasteiger partial charge in [-0.05, 0) is 31.9 Å². The van der Waals surface area contributed by atoms with E-state index in [-0.39, 0.29) is 11.9 Å². The molecule has 2 aliphatic rings. The van der Waals surface area contributed by atoms with Crippen LogP contribution in [-0.4, -0.2) is 68.4 Å². The van der Waals surface area contributed by atoms with Crippen molar-refractivity contribution >= 4 is 23.0 Å². The van der Waals surface area contributed by atoms with E-state index in [2.05, 4.69) is 15.5 Å². The Kier molecular flexibility index (Phi) is 3.99. The van der Waals surface area contributed by atoms with E-state index >= 15 is 0 Å². The Morgan fingerprint density at radius 3 is 2.46 bits per heavy atom. The van der Waals surface area contributed by atoms with Crippen molar-refractivity contribution in [2.75, 3.05) is 26.7 Å². The molecular formula is C19H25N5O2. The Bertz CT molecular complexity index is 866. The van der Waals surface area contributed by atoms with Crippen LogP contribution in [0.25, 0.3) is 11.0 Å². The maximum atomic E-state index is 12.7. The van der Waals surface area contributed by atoms with Crippen molar-refractivity contribution < 1.29 is 9.59 Å². The molecule has 26 heavy (non-hydrogen) atoms. The number of hydrogen-bond donors (Lipinski definition) is 0. The lowest BCUT2D eigenvalue weighted by molar-refractivity contribution is -0.134. The van der Waals surface area contributed by atoms with Gasteiger partial charge in [-0.25, -0.2) is 9.78 Å². The van der Waals surface area contributed by atoms with Crippen molar-refractivity contribution in [1.82, 2.24) is 24.3 Å². The zero-order valence-electron chi connectivity index (χ0n) is 15.6. The number of carbonyl (C=O) groups is 2. The summed E-state index contributed by atoms with van der Waals surface area (Å²) >= 11 is 0. The number of piperidine rings is 1. The van der Waals surface area contributed by atoms with Gasteiger partial charge in [0, 0.05) is 33.7 Å². The van der Waals surface area contributed by atoms with E-state index in [1.807, 2.05) is 32.2 Å². The Morgan fingerprint density at radius 1 is 1.12 bits per heavy atom. The molecule has 0 atom stereocenters. The highest BCUT2D eigenvalue weighted by molar-refractivity contribution is 6.06. The molecule has 7 heteroatoms. The first-order valence-electron chi connectivity index (χ1n) is 9.20. The number of benzene rings is 1. The number of aryl methyl sites for hydroxylation is 1. The maximum absolute atomic E-state index is 12.7. The van der Waals surface area contributed by atoms with E-state index < -0.39 is 5.54 Å². The van der Waals surface area contributed by atoms with Crippen LogP contribution in [0.4, 0.5) is 4.79 Å². The fourth-order valence-corrected chi connectivity index (χ4v) is 4.42. The minimum absolute atomic E-state index is 0.0493. The molecule has 0 aliphatic carbocycles. The van der Waals surface area contributed by atoms with Crippen LogP contribution in [0.1, 0.15) is 25.6 Å². The van der Waals surface area contributed by atoms with Crippen LogP contribution in [0, 0.1) is 0 Å². The third-order valence-electron chi connectivity index (χ3n) is 5.98. The van der Waals surface area contributed by atoms with Gasteiger partial charge in [0.05, 0.1) is 17.6 Å². The monoisotopic (exact) mass is 355 g/mol. The lowest BCUT2D eigenvalue weighted by atomic mass is 9.86. The number of urea groups is 1. The molecule has 7 nitrogen and oxygen atoms in total. The van der Waals surface area contributed by atoms with Crippen LogP contribution >= 0.6 is 0 Å². The number of amides is 3. The summed E-state index contributed by atoms with van der Waals surface area (Å²) in [6.45, 7) is 4.84. The van der Waals surface area contributed by atoms with E-state index in [0.717, 1.165) is 36.5 Å². The number of nitrogens with zero attached hydrogens (tertiary/aromatic N) is 5. The standard InChI is InChI=1S/C19H25N5O2/c1-4-24-18(26)22(3)17(25)19(24)9-11-23(12-10-19)13-16-20-14-7-5-6-8-15(14)21(16)2/h5-8H,4,9-13H2,1-3H3. The number of para-hydroxylation sites is 2. The number of imide groups is 1. The van der Waals surface area contributed by atoms with Gasteiger partial charge >= 0.3 is 6.03 Å². The predicted octanol–water partition coefficient (Wildman–Crippen LogP) is 1.82. The molecule has 2 aliphatic heterocycles. The van der Waals surface area contributed by atoms with Gasteiger partial charge in [-0.2, -0.15) is 0 Å². The van der Waals surface area contributed by atoms with Gasteiger partial charge in [0.1, 0.15) is 11.4 Å². The topological polar surface area (TPSA) is 61.7 Å². The van der Waals surface area contributed by atoms with Gasteiger partial charge < -0.3 is 9.47 Å². The zero-order chi connectivity index (χ0) is 18.5. The van der Waals surface area contributed by atoms with Crippen molar-refractivity contribution in [3.63, 3.8) is 0 Å². The summed E-state index contributed by atoms with van der Waals surface area (Å²) in [5, 5.41) is 0. The van der Waals surface area contributed by atoms with Crippen molar-refractivity contribution in [2.24, 2.45) is 7.05 Å². The number of rotatable bonds is 3. The number of carbonyl (C=O) groups excluding carboxylic acids is 2. The van der Waals surface area contributed by atoms with E-state index in [1.165, 1.54) is 4.90 Å². The molecule has 138 valence electrons. The molecule has 2 aromatic rings. The first kappa shape index (κ1) is 17.0. The minimum Gasteiger partial charge on any atom is -0.330 e. The SMILES string of the molecule is CCN1C(=O)N(C)C(=O)C12CCN(Cc1nc3ccccc3n1C)CC2. The summed E-state index contributed by atoms with van der Waals surface area (Å²) in [6, 6.07) is 7.97. The second kappa shape index (κ2) is 6.09. The van der Waals surface area contributed by atoms with Crippen LogP contribution < -0.4 is 0 Å². The molecule has 0 unspecified atom stereocenters. The van der Waals surface area contributed by atoms with Gasteiger partial charge in [0.15, 0.2) is 0 Å². The summed E-state index contributed by atoms with van der Waals surface area (Å²) < 4.78 is 2.14. The van der Waals surface area contributed by atoms with Crippen LogP contribution in [0.15, 0.2) is 24.3 Å². The number of imidazole rings is 1. The fraction of sp³-hybridized carbons (Fsp3) is 0.526. The van der Waals surface area contributed by atoms with Crippen molar-refractivity contribution in [3.8, 4) is 0 Å². The molecule has 0 N–H and O–H groups in total. The third-order valence-corrected chi connectivity index (χ3v) is 5.98. The Hall–Kier alpha value is -2.41. The molecule has 0 saturated carbocycles. The number of likely N-dealkylation sites (tertiary alicyclic amines) is 1. The highest BCUT2D eigenvalue weighted by Gasteiger charge is 2.56. The fourth-order valence-electron chi connectivity index (χ4n) is 4.42. The van der Waals surface area contributed by atoms with Crippen LogP contribution in [-0.2, 0) is 18.4 Å². The smallest absolute Gasteiger partial charge is 0.327 e. The van der Waals surface area contributed by atoms with E-state index in [1.54, 1.807) is 11.9 Å². The van der Waals surface area contributed by atoms with Gasteiger partial charge in [-0.1, -0.05) is 12.1 Å². The minimum atomic E-state index is -0.649. The molecule has 3 amide bonds. The third kappa shape index (κ3) is 2.34. The Morgan fingerprint density at radius 2 is 1.81 bits per heavy atom. The summed E-state index contributed by atoms with van der Waals surface area (Å²) in [4.78, 5) is 35.2. The lowest BCUT2D eigenvalue weighted by Gasteiger charge is -2.41. The highest BCUT2D eigenvalue weighted by Crippen LogP contribution is 2.36. The Balaban J connectivity index is 1.51.